The van der Waals surface area contributed by atoms with E-state index in [1.54, 1.807) is 39.9 Å². The monoisotopic (exact) mass is 371 g/mol. The molecule has 0 bridgehead atoms. The Labute approximate surface area is 157 Å². The lowest BCUT2D eigenvalue weighted by atomic mass is 10.2. The molecule has 26 heavy (non-hydrogen) atoms. The third kappa shape index (κ3) is 3.60. The molecule has 2 aromatic rings. The second-order valence-corrected chi connectivity index (χ2v) is 7.65. The minimum atomic E-state index is -0.306. The van der Waals surface area contributed by atoms with E-state index >= 15 is 0 Å². The molecule has 0 spiro atoms. The lowest BCUT2D eigenvalue weighted by molar-refractivity contribution is -0.123. The lowest BCUT2D eigenvalue weighted by Crippen LogP contribution is -2.35. The summed E-state index contributed by atoms with van der Waals surface area (Å²) in [5.41, 5.74) is 1.21. The van der Waals surface area contributed by atoms with Gasteiger partial charge in [0, 0.05) is 24.0 Å². The van der Waals surface area contributed by atoms with Gasteiger partial charge in [0.2, 0.25) is 0 Å². The quantitative estimate of drug-likeness (QED) is 0.730. The van der Waals surface area contributed by atoms with E-state index in [1.807, 2.05) is 39.8 Å². The number of amidine groups is 1. The predicted molar refractivity (Wildman–Crippen MR) is 106 cm³/mol. The van der Waals surface area contributed by atoms with Gasteiger partial charge < -0.3 is 4.57 Å². The molecular formula is C20H22FN3OS. The molecule has 1 aliphatic rings. The van der Waals surface area contributed by atoms with Crippen molar-refractivity contribution >= 4 is 28.9 Å². The molecule has 0 aliphatic carbocycles. The van der Waals surface area contributed by atoms with Crippen LogP contribution in [-0.4, -0.2) is 32.6 Å². The average Bonchev–Trinajstić information content (AvgIpc) is 3.13. The number of carbonyl (C=O) groups is 1. The number of thioether (sulfide) groups is 1. The number of rotatable bonds is 4. The second kappa shape index (κ2) is 7.50. The standard InChI is InChI=1S/C20H22FN3OS/c1-13(2)22-20-24(14(3)4)19(25)18(26-20)12-15-8-7-11-23(15)17-10-6-5-9-16(17)21/h5-14H,1-4H3/b18-12+,22-20?. The first-order valence-electron chi connectivity index (χ1n) is 8.61. The Morgan fingerprint density at radius 3 is 2.50 bits per heavy atom. The smallest absolute Gasteiger partial charge is 0.267 e. The number of nitrogens with zero attached hydrogens (tertiary/aromatic N) is 3. The molecule has 2 heterocycles. The molecule has 0 radical (unpaired) electrons. The van der Waals surface area contributed by atoms with Crippen molar-refractivity contribution in [3.63, 3.8) is 0 Å². The van der Waals surface area contributed by atoms with Gasteiger partial charge in [-0.25, -0.2) is 4.39 Å². The molecule has 3 rings (SSSR count). The third-order valence-electron chi connectivity index (χ3n) is 3.89. The fourth-order valence-corrected chi connectivity index (χ4v) is 3.98. The molecule has 1 saturated heterocycles. The third-order valence-corrected chi connectivity index (χ3v) is 4.89. The van der Waals surface area contributed by atoms with E-state index in [-0.39, 0.29) is 23.8 Å². The predicted octanol–water partition coefficient (Wildman–Crippen LogP) is 4.71. The Morgan fingerprint density at radius 1 is 1.12 bits per heavy atom. The molecule has 1 amide bonds. The maximum Gasteiger partial charge on any atom is 0.267 e. The first-order chi connectivity index (χ1) is 12.4. The summed E-state index contributed by atoms with van der Waals surface area (Å²) >= 11 is 1.37. The zero-order valence-electron chi connectivity index (χ0n) is 15.3. The summed E-state index contributed by atoms with van der Waals surface area (Å²) in [6.07, 6.45) is 3.59. The molecule has 6 heteroatoms. The van der Waals surface area contributed by atoms with Gasteiger partial charge in [0.05, 0.1) is 10.6 Å². The van der Waals surface area contributed by atoms with Crippen molar-refractivity contribution in [2.75, 3.05) is 0 Å². The van der Waals surface area contributed by atoms with E-state index in [0.717, 1.165) is 10.9 Å². The minimum Gasteiger partial charge on any atom is -0.314 e. The Bertz CT molecular complexity index is 883. The van der Waals surface area contributed by atoms with E-state index in [2.05, 4.69) is 4.99 Å². The van der Waals surface area contributed by atoms with Crippen molar-refractivity contribution < 1.29 is 9.18 Å². The summed E-state index contributed by atoms with van der Waals surface area (Å²) in [6.45, 7) is 7.92. The Hall–Kier alpha value is -2.34. The number of hydrogen-bond donors (Lipinski definition) is 0. The van der Waals surface area contributed by atoms with Crippen LogP contribution in [0.4, 0.5) is 4.39 Å². The Morgan fingerprint density at radius 2 is 1.85 bits per heavy atom. The van der Waals surface area contributed by atoms with Crippen molar-refractivity contribution in [1.29, 1.82) is 0 Å². The molecule has 0 atom stereocenters. The number of amides is 1. The van der Waals surface area contributed by atoms with Crippen LogP contribution < -0.4 is 0 Å². The fraction of sp³-hybridized carbons (Fsp3) is 0.300. The molecule has 1 aromatic heterocycles. The Kier molecular flexibility index (Phi) is 5.32. The molecule has 1 fully saturated rings. The molecule has 4 nitrogen and oxygen atoms in total. The number of aliphatic imine (C=N–C) groups is 1. The summed E-state index contributed by atoms with van der Waals surface area (Å²) in [5.74, 6) is -0.370. The van der Waals surface area contributed by atoms with Crippen LogP contribution in [0.1, 0.15) is 33.4 Å². The van der Waals surface area contributed by atoms with E-state index in [0.29, 0.717) is 10.6 Å². The topological polar surface area (TPSA) is 37.6 Å². The van der Waals surface area contributed by atoms with Crippen molar-refractivity contribution in [2.24, 2.45) is 4.99 Å². The number of carbonyl (C=O) groups excluding carboxylic acids is 1. The molecule has 0 N–H and O–H groups in total. The summed E-state index contributed by atoms with van der Waals surface area (Å²) < 4.78 is 15.9. The van der Waals surface area contributed by atoms with Gasteiger partial charge in [0.25, 0.3) is 5.91 Å². The SMILES string of the molecule is CC(C)N=C1S/C(=C/c2cccn2-c2ccccc2F)C(=O)N1C(C)C. The highest BCUT2D eigenvalue weighted by atomic mass is 32.2. The maximum atomic E-state index is 14.2. The highest BCUT2D eigenvalue weighted by Gasteiger charge is 2.35. The zero-order chi connectivity index (χ0) is 18.8. The van der Waals surface area contributed by atoms with Crippen LogP contribution in [0.3, 0.4) is 0 Å². The molecule has 1 aromatic carbocycles. The van der Waals surface area contributed by atoms with Crippen molar-refractivity contribution in [3.8, 4) is 5.69 Å². The average molecular weight is 371 g/mol. The van der Waals surface area contributed by atoms with Crippen LogP contribution in [0.5, 0.6) is 0 Å². The van der Waals surface area contributed by atoms with Crippen LogP contribution in [0.2, 0.25) is 0 Å². The number of halogens is 1. The van der Waals surface area contributed by atoms with Gasteiger partial charge in [0.15, 0.2) is 5.17 Å². The molecule has 0 saturated carbocycles. The first kappa shape index (κ1) is 18.5. The largest absolute Gasteiger partial charge is 0.314 e. The van der Waals surface area contributed by atoms with Gasteiger partial charge in [-0.05, 0) is 69.8 Å². The van der Waals surface area contributed by atoms with Crippen molar-refractivity contribution in [3.05, 3.63) is 59.0 Å². The number of benzene rings is 1. The number of hydrogen-bond acceptors (Lipinski definition) is 3. The van der Waals surface area contributed by atoms with E-state index in [4.69, 9.17) is 0 Å². The van der Waals surface area contributed by atoms with Gasteiger partial charge in [-0.1, -0.05) is 12.1 Å². The molecule has 0 unspecified atom stereocenters. The van der Waals surface area contributed by atoms with E-state index < -0.39 is 0 Å². The van der Waals surface area contributed by atoms with Crippen molar-refractivity contribution in [1.82, 2.24) is 9.47 Å². The van der Waals surface area contributed by atoms with Crippen molar-refractivity contribution in [2.45, 2.75) is 39.8 Å². The summed E-state index contributed by atoms with van der Waals surface area (Å²) in [7, 11) is 0. The summed E-state index contributed by atoms with van der Waals surface area (Å²) in [5, 5.41) is 0.718. The summed E-state index contributed by atoms with van der Waals surface area (Å²) in [4.78, 5) is 19.7. The number of aromatic nitrogens is 1. The van der Waals surface area contributed by atoms with Gasteiger partial charge in [-0.3, -0.25) is 14.7 Å². The van der Waals surface area contributed by atoms with Crippen LogP contribution >= 0.6 is 11.8 Å². The first-order valence-corrected chi connectivity index (χ1v) is 9.43. The van der Waals surface area contributed by atoms with Gasteiger partial charge >= 0.3 is 0 Å². The molecule has 1 aliphatic heterocycles. The maximum absolute atomic E-state index is 14.2. The van der Waals surface area contributed by atoms with Crippen LogP contribution in [0.15, 0.2) is 52.5 Å². The highest BCUT2D eigenvalue weighted by Crippen LogP contribution is 2.34. The fourth-order valence-electron chi connectivity index (χ4n) is 2.77. The van der Waals surface area contributed by atoms with Crippen LogP contribution in [0.25, 0.3) is 11.8 Å². The van der Waals surface area contributed by atoms with E-state index in [9.17, 15) is 9.18 Å². The Balaban J connectivity index is 2.01. The number of para-hydroxylation sites is 1. The molecular weight excluding hydrogens is 349 g/mol. The highest BCUT2D eigenvalue weighted by molar-refractivity contribution is 8.18. The van der Waals surface area contributed by atoms with Gasteiger partial charge in [-0.15, -0.1) is 0 Å². The van der Waals surface area contributed by atoms with Gasteiger partial charge in [-0.2, -0.15) is 0 Å². The second-order valence-electron chi connectivity index (χ2n) is 6.64. The molecule has 136 valence electrons. The van der Waals surface area contributed by atoms with Gasteiger partial charge in [0.1, 0.15) is 5.82 Å². The lowest BCUT2D eigenvalue weighted by Gasteiger charge is -2.20. The minimum absolute atomic E-state index is 0.0248. The van der Waals surface area contributed by atoms with E-state index in [1.165, 1.54) is 17.8 Å². The normalized spacial score (nSPS) is 18.1. The van der Waals surface area contributed by atoms with Crippen LogP contribution in [0, 0.1) is 5.82 Å². The summed E-state index contributed by atoms with van der Waals surface area (Å²) in [6, 6.07) is 10.4. The zero-order valence-corrected chi connectivity index (χ0v) is 16.1. The van der Waals surface area contributed by atoms with Crippen LogP contribution in [-0.2, 0) is 4.79 Å².